The zero-order chi connectivity index (χ0) is 16.8. The van der Waals surface area contributed by atoms with Crippen LogP contribution in [-0.4, -0.2) is 31.8 Å². The van der Waals surface area contributed by atoms with Gasteiger partial charge < -0.3 is 25.6 Å². The van der Waals surface area contributed by atoms with Crippen molar-refractivity contribution in [1.29, 1.82) is 0 Å². The van der Waals surface area contributed by atoms with Crippen molar-refractivity contribution in [3.63, 3.8) is 0 Å². The Balaban J connectivity index is 1.98. The third-order valence-corrected chi connectivity index (χ3v) is 3.48. The lowest BCUT2D eigenvalue weighted by Crippen LogP contribution is -2.08. The van der Waals surface area contributed by atoms with Crippen molar-refractivity contribution >= 4 is 17.3 Å². The van der Waals surface area contributed by atoms with Crippen LogP contribution in [-0.2, 0) is 6.42 Å². The van der Waals surface area contributed by atoms with Gasteiger partial charge in [-0.15, -0.1) is 0 Å². The molecule has 0 saturated heterocycles. The second-order valence-corrected chi connectivity index (χ2v) is 4.97. The molecule has 2 aromatic carbocycles. The average Bonchev–Trinajstić information content (AvgIpc) is 2.55. The minimum Gasteiger partial charge on any atom is -0.493 e. The van der Waals surface area contributed by atoms with Crippen LogP contribution in [0.15, 0.2) is 36.4 Å². The number of carboxylic acids is 1. The second kappa shape index (κ2) is 7.40. The van der Waals surface area contributed by atoms with Gasteiger partial charge in [-0.1, -0.05) is 6.07 Å². The van der Waals surface area contributed by atoms with Crippen molar-refractivity contribution in [2.45, 2.75) is 6.42 Å². The van der Waals surface area contributed by atoms with Crippen LogP contribution >= 0.6 is 0 Å². The standard InChI is InChI=1S/C17H20N2O4/c1-22-15-6-3-11(9-16(15)23-2)7-8-19-14-5-4-12(17(20)21)10-13(14)18/h3-6,9-10,19H,7-8,18H2,1-2H3,(H,20,21). The topological polar surface area (TPSA) is 93.8 Å². The minimum atomic E-state index is -0.992. The van der Waals surface area contributed by atoms with E-state index in [4.69, 9.17) is 20.3 Å². The molecule has 0 amide bonds. The van der Waals surface area contributed by atoms with E-state index in [1.54, 1.807) is 20.3 Å². The molecule has 0 spiro atoms. The van der Waals surface area contributed by atoms with E-state index in [0.717, 1.165) is 17.7 Å². The number of methoxy groups -OCH3 is 2. The van der Waals surface area contributed by atoms with E-state index >= 15 is 0 Å². The van der Waals surface area contributed by atoms with Crippen LogP contribution in [0.3, 0.4) is 0 Å². The highest BCUT2D eigenvalue weighted by molar-refractivity contribution is 5.90. The molecule has 0 aliphatic heterocycles. The lowest BCUT2D eigenvalue weighted by Gasteiger charge is -2.12. The van der Waals surface area contributed by atoms with Crippen molar-refractivity contribution < 1.29 is 19.4 Å². The Morgan fingerprint density at radius 3 is 2.48 bits per heavy atom. The van der Waals surface area contributed by atoms with Crippen molar-refractivity contribution in [2.75, 3.05) is 31.8 Å². The summed E-state index contributed by atoms with van der Waals surface area (Å²) in [6.45, 7) is 0.659. The molecule has 2 aromatic rings. The monoisotopic (exact) mass is 316 g/mol. The van der Waals surface area contributed by atoms with E-state index in [0.29, 0.717) is 23.7 Å². The van der Waals surface area contributed by atoms with Crippen molar-refractivity contribution in [1.82, 2.24) is 0 Å². The maximum absolute atomic E-state index is 10.9. The lowest BCUT2D eigenvalue weighted by molar-refractivity contribution is 0.0697. The van der Waals surface area contributed by atoms with Gasteiger partial charge in [-0.3, -0.25) is 0 Å². The van der Waals surface area contributed by atoms with Crippen LogP contribution < -0.4 is 20.5 Å². The fraction of sp³-hybridized carbons (Fsp3) is 0.235. The molecule has 0 heterocycles. The Morgan fingerprint density at radius 1 is 1.13 bits per heavy atom. The third-order valence-electron chi connectivity index (χ3n) is 3.48. The number of hydrogen-bond acceptors (Lipinski definition) is 5. The number of nitrogens with two attached hydrogens (primary N) is 1. The predicted octanol–water partition coefficient (Wildman–Crippen LogP) is 2.64. The number of nitrogens with one attached hydrogen (secondary N) is 1. The zero-order valence-corrected chi connectivity index (χ0v) is 13.1. The van der Waals surface area contributed by atoms with Gasteiger partial charge in [-0.25, -0.2) is 4.79 Å². The molecule has 0 bridgehead atoms. The average molecular weight is 316 g/mol. The summed E-state index contributed by atoms with van der Waals surface area (Å²) in [5.41, 5.74) is 8.26. The van der Waals surface area contributed by atoms with Gasteiger partial charge in [-0.05, 0) is 42.3 Å². The van der Waals surface area contributed by atoms with Crippen LogP contribution in [0.25, 0.3) is 0 Å². The van der Waals surface area contributed by atoms with Crippen LogP contribution in [0.2, 0.25) is 0 Å². The summed E-state index contributed by atoms with van der Waals surface area (Å²) in [4.78, 5) is 10.9. The maximum atomic E-state index is 10.9. The molecule has 0 fully saturated rings. The molecule has 2 rings (SSSR count). The van der Waals surface area contributed by atoms with Gasteiger partial charge in [-0.2, -0.15) is 0 Å². The number of ether oxygens (including phenoxy) is 2. The number of carbonyl (C=O) groups is 1. The molecule has 6 heteroatoms. The molecule has 122 valence electrons. The Labute approximate surface area is 134 Å². The number of benzene rings is 2. The normalized spacial score (nSPS) is 10.2. The Bertz CT molecular complexity index is 701. The van der Waals surface area contributed by atoms with Crippen LogP contribution in [0, 0.1) is 0 Å². The molecule has 23 heavy (non-hydrogen) atoms. The number of rotatable bonds is 7. The SMILES string of the molecule is COc1ccc(CCNc2ccc(C(=O)O)cc2N)cc1OC. The first-order chi connectivity index (χ1) is 11.0. The highest BCUT2D eigenvalue weighted by Gasteiger charge is 2.07. The molecule has 0 saturated carbocycles. The lowest BCUT2D eigenvalue weighted by atomic mass is 10.1. The van der Waals surface area contributed by atoms with Crippen LogP contribution in [0.5, 0.6) is 11.5 Å². The fourth-order valence-corrected chi connectivity index (χ4v) is 2.23. The molecule has 0 radical (unpaired) electrons. The summed E-state index contributed by atoms with van der Waals surface area (Å²) in [7, 11) is 3.20. The summed E-state index contributed by atoms with van der Waals surface area (Å²) < 4.78 is 10.5. The van der Waals surface area contributed by atoms with Gasteiger partial charge in [0.1, 0.15) is 0 Å². The summed E-state index contributed by atoms with van der Waals surface area (Å²) in [5, 5.41) is 12.1. The molecule has 6 nitrogen and oxygen atoms in total. The summed E-state index contributed by atoms with van der Waals surface area (Å²) in [6, 6.07) is 10.4. The largest absolute Gasteiger partial charge is 0.493 e. The Hall–Kier alpha value is -2.89. The maximum Gasteiger partial charge on any atom is 0.335 e. The second-order valence-electron chi connectivity index (χ2n) is 4.97. The first-order valence-corrected chi connectivity index (χ1v) is 7.12. The number of aromatic carboxylic acids is 1. The van der Waals surface area contributed by atoms with Crippen molar-refractivity contribution in [3.05, 3.63) is 47.5 Å². The zero-order valence-electron chi connectivity index (χ0n) is 13.1. The van der Waals surface area contributed by atoms with Crippen LogP contribution in [0.4, 0.5) is 11.4 Å². The predicted molar refractivity (Wildman–Crippen MR) is 89.6 cm³/mol. The van der Waals surface area contributed by atoms with Gasteiger partial charge in [0.25, 0.3) is 0 Å². The molecule has 0 aliphatic rings. The number of hydrogen-bond donors (Lipinski definition) is 3. The van der Waals surface area contributed by atoms with E-state index in [2.05, 4.69) is 5.32 Å². The van der Waals surface area contributed by atoms with E-state index in [9.17, 15) is 4.79 Å². The quantitative estimate of drug-likeness (QED) is 0.680. The first-order valence-electron chi connectivity index (χ1n) is 7.12. The van der Waals surface area contributed by atoms with E-state index in [1.165, 1.54) is 12.1 Å². The molecule has 0 atom stereocenters. The smallest absolute Gasteiger partial charge is 0.335 e. The molecule has 0 aromatic heterocycles. The summed E-state index contributed by atoms with van der Waals surface area (Å²) >= 11 is 0. The van der Waals surface area contributed by atoms with E-state index in [-0.39, 0.29) is 5.56 Å². The highest BCUT2D eigenvalue weighted by Crippen LogP contribution is 2.27. The highest BCUT2D eigenvalue weighted by atomic mass is 16.5. The van der Waals surface area contributed by atoms with Crippen molar-refractivity contribution in [3.8, 4) is 11.5 Å². The third kappa shape index (κ3) is 4.06. The van der Waals surface area contributed by atoms with Crippen molar-refractivity contribution in [2.24, 2.45) is 0 Å². The van der Waals surface area contributed by atoms with E-state index < -0.39 is 5.97 Å². The summed E-state index contributed by atoms with van der Waals surface area (Å²) in [6.07, 6.45) is 0.764. The first kappa shape index (κ1) is 16.5. The molecule has 4 N–H and O–H groups in total. The number of carboxylic acid groups (broad SMARTS) is 1. The van der Waals surface area contributed by atoms with Gasteiger partial charge in [0, 0.05) is 6.54 Å². The number of anilines is 2. The Morgan fingerprint density at radius 2 is 1.87 bits per heavy atom. The number of nitrogen functional groups attached to an aromatic ring is 1. The molecule has 0 unspecified atom stereocenters. The van der Waals surface area contributed by atoms with Gasteiger partial charge in [0.05, 0.1) is 31.2 Å². The van der Waals surface area contributed by atoms with E-state index in [1.807, 2.05) is 18.2 Å². The molecule has 0 aliphatic carbocycles. The minimum absolute atomic E-state index is 0.174. The summed E-state index contributed by atoms with van der Waals surface area (Å²) in [5.74, 6) is 0.390. The fourth-order valence-electron chi connectivity index (χ4n) is 2.23. The van der Waals surface area contributed by atoms with Crippen LogP contribution in [0.1, 0.15) is 15.9 Å². The van der Waals surface area contributed by atoms with Gasteiger partial charge in [0.15, 0.2) is 11.5 Å². The Kier molecular flexibility index (Phi) is 5.30. The molecular weight excluding hydrogens is 296 g/mol. The molecular formula is C17H20N2O4. The van der Waals surface area contributed by atoms with Gasteiger partial charge in [0.2, 0.25) is 0 Å². The van der Waals surface area contributed by atoms with Gasteiger partial charge >= 0.3 is 5.97 Å².